The second-order valence-corrected chi connectivity index (χ2v) is 6.99. The predicted octanol–water partition coefficient (Wildman–Crippen LogP) is 2.08. The Kier molecular flexibility index (Phi) is 3.87. The van der Waals surface area contributed by atoms with E-state index in [0.29, 0.717) is 6.04 Å². The van der Waals surface area contributed by atoms with Crippen LogP contribution in [0.2, 0.25) is 0 Å². The van der Waals surface area contributed by atoms with Gasteiger partial charge in [-0.15, -0.1) is 5.10 Å². The van der Waals surface area contributed by atoms with E-state index in [4.69, 9.17) is 4.52 Å². The van der Waals surface area contributed by atoms with E-state index in [2.05, 4.69) is 65.1 Å². The van der Waals surface area contributed by atoms with Crippen molar-refractivity contribution in [2.75, 3.05) is 25.0 Å². The van der Waals surface area contributed by atoms with E-state index in [1.807, 2.05) is 6.07 Å². The van der Waals surface area contributed by atoms with Crippen LogP contribution in [0.1, 0.15) is 32.2 Å². The van der Waals surface area contributed by atoms with Gasteiger partial charge in [-0.25, -0.2) is 0 Å². The lowest BCUT2D eigenvalue weighted by atomic mass is 9.92. The van der Waals surface area contributed by atoms with Crippen molar-refractivity contribution in [3.8, 4) is 0 Å². The molecule has 0 spiro atoms. The molecule has 0 N–H and O–H groups in total. The molecule has 6 nitrogen and oxygen atoms in total. The third-order valence-electron chi connectivity index (χ3n) is 4.13. The minimum Gasteiger partial charge on any atom is -0.364 e. The summed E-state index contributed by atoms with van der Waals surface area (Å²) in [6.45, 7) is 9.19. The molecule has 0 bridgehead atoms. The van der Waals surface area contributed by atoms with Crippen molar-refractivity contribution in [1.29, 1.82) is 0 Å². The number of hydrogen-bond donors (Lipinski definition) is 0. The topological polar surface area (TPSA) is 58.3 Å². The van der Waals surface area contributed by atoms with Gasteiger partial charge in [0.25, 0.3) is 0 Å². The third-order valence-corrected chi connectivity index (χ3v) is 4.13. The van der Waals surface area contributed by atoms with Crippen LogP contribution in [0.25, 0.3) is 0 Å². The first-order valence-electron chi connectivity index (χ1n) is 7.62. The summed E-state index contributed by atoms with van der Waals surface area (Å²) in [4.78, 5) is 4.55. The number of likely N-dealkylation sites (N-methyl/N-ethyl adjacent to an activating group) is 1. The summed E-state index contributed by atoms with van der Waals surface area (Å²) in [6, 6.07) is 6.57. The van der Waals surface area contributed by atoms with Crippen LogP contribution in [-0.4, -0.2) is 46.4 Å². The smallest absolute Gasteiger partial charge is 0.151 e. The maximum atomic E-state index is 4.87. The van der Waals surface area contributed by atoms with E-state index in [9.17, 15) is 0 Å². The van der Waals surface area contributed by atoms with Gasteiger partial charge in [-0.05, 0) is 19.2 Å². The first-order valence-corrected chi connectivity index (χ1v) is 7.62. The summed E-state index contributed by atoms with van der Waals surface area (Å²) in [5.74, 6) is 0.957. The monoisotopic (exact) mass is 301 g/mol. The summed E-state index contributed by atoms with van der Waals surface area (Å²) >= 11 is 0. The highest BCUT2D eigenvalue weighted by atomic mass is 16.5. The van der Waals surface area contributed by atoms with Gasteiger partial charge in [0.1, 0.15) is 6.26 Å². The summed E-state index contributed by atoms with van der Waals surface area (Å²) in [6.07, 6.45) is 1.61. The molecule has 1 aliphatic rings. The molecule has 1 fully saturated rings. The first kappa shape index (κ1) is 15.0. The van der Waals surface area contributed by atoms with E-state index in [1.165, 1.54) is 0 Å². The molecule has 1 aliphatic heterocycles. The zero-order valence-corrected chi connectivity index (χ0v) is 13.7. The SMILES string of the molecule is CN(Cc1ccon1)C1CN(c2ccc(C(C)(C)C)nn2)C1. The fourth-order valence-corrected chi connectivity index (χ4v) is 2.52. The minimum atomic E-state index is 0.0425. The molecule has 0 amide bonds. The Labute approximate surface area is 131 Å². The molecular formula is C16H23N5O. The van der Waals surface area contributed by atoms with E-state index in [1.54, 1.807) is 6.26 Å². The highest BCUT2D eigenvalue weighted by Gasteiger charge is 2.31. The normalized spacial score (nSPS) is 16.1. The van der Waals surface area contributed by atoms with Crippen LogP contribution in [-0.2, 0) is 12.0 Å². The van der Waals surface area contributed by atoms with Crippen molar-refractivity contribution < 1.29 is 4.52 Å². The van der Waals surface area contributed by atoms with Gasteiger partial charge in [0.05, 0.1) is 11.4 Å². The zero-order chi connectivity index (χ0) is 15.7. The van der Waals surface area contributed by atoms with Crippen LogP contribution in [0.5, 0.6) is 0 Å². The van der Waals surface area contributed by atoms with Crippen LogP contribution in [0, 0.1) is 0 Å². The molecule has 3 rings (SSSR count). The van der Waals surface area contributed by atoms with Crippen molar-refractivity contribution in [2.24, 2.45) is 0 Å². The fourth-order valence-electron chi connectivity index (χ4n) is 2.52. The molecule has 0 saturated carbocycles. The molecule has 1 saturated heterocycles. The lowest BCUT2D eigenvalue weighted by Gasteiger charge is -2.44. The Morgan fingerprint density at radius 2 is 2.00 bits per heavy atom. The van der Waals surface area contributed by atoms with Gasteiger partial charge >= 0.3 is 0 Å². The molecule has 0 unspecified atom stereocenters. The van der Waals surface area contributed by atoms with Gasteiger partial charge in [-0.2, -0.15) is 5.10 Å². The molecule has 0 radical (unpaired) electrons. The molecule has 2 aromatic heterocycles. The number of nitrogens with zero attached hydrogens (tertiary/aromatic N) is 5. The Morgan fingerprint density at radius 3 is 2.55 bits per heavy atom. The highest BCUT2D eigenvalue weighted by molar-refractivity contribution is 5.42. The van der Waals surface area contributed by atoms with Crippen molar-refractivity contribution in [3.05, 3.63) is 35.9 Å². The quantitative estimate of drug-likeness (QED) is 0.862. The van der Waals surface area contributed by atoms with Gasteiger partial charge in [-0.1, -0.05) is 25.9 Å². The maximum absolute atomic E-state index is 4.87. The molecule has 0 atom stereocenters. The van der Waals surface area contributed by atoms with E-state index < -0.39 is 0 Å². The standard InChI is InChI=1S/C16H23N5O/c1-16(2,3)14-5-6-15(18-17-14)21-10-13(11-21)20(4)9-12-7-8-22-19-12/h5-8,13H,9-11H2,1-4H3. The summed E-state index contributed by atoms with van der Waals surface area (Å²) in [5, 5.41) is 12.7. The van der Waals surface area contributed by atoms with Crippen molar-refractivity contribution >= 4 is 5.82 Å². The van der Waals surface area contributed by atoms with E-state index >= 15 is 0 Å². The first-order chi connectivity index (χ1) is 10.4. The average Bonchev–Trinajstić information content (AvgIpc) is 2.89. The highest BCUT2D eigenvalue weighted by Crippen LogP contribution is 2.24. The molecule has 2 aromatic rings. The largest absolute Gasteiger partial charge is 0.364 e. The molecule has 6 heteroatoms. The van der Waals surface area contributed by atoms with Gasteiger partial charge in [0.15, 0.2) is 5.82 Å². The van der Waals surface area contributed by atoms with Crippen LogP contribution < -0.4 is 4.90 Å². The van der Waals surface area contributed by atoms with Gasteiger partial charge in [0, 0.05) is 37.2 Å². The molecule has 118 valence electrons. The average molecular weight is 301 g/mol. The number of anilines is 1. The zero-order valence-electron chi connectivity index (χ0n) is 13.7. The van der Waals surface area contributed by atoms with Crippen molar-refractivity contribution in [2.45, 2.75) is 38.8 Å². The van der Waals surface area contributed by atoms with Crippen molar-refractivity contribution in [1.82, 2.24) is 20.3 Å². The van der Waals surface area contributed by atoms with Crippen LogP contribution in [0.15, 0.2) is 29.0 Å². The lowest BCUT2D eigenvalue weighted by Crippen LogP contribution is -2.58. The fraction of sp³-hybridized carbons (Fsp3) is 0.562. The molecule has 3 heterocycles. The Hall–Kier alpha value is -1.95. The minimum absolute atomic E-state index is 0.0425. The molecular weight excluding hydrogens is 278 g/mol. The van der Waals surface area contributed by atoms with Crippen LogP contribution in [0.3, 0.4) is 0 Å². The van der Waals surface area contributed by atoms with Crippen LogP contribution in [0.4, 0.5) is 5.82 Å². The van der Waals surface area contributed by atoms with Gasteiger partial charge in [0.2, 0.25) is 0 Å². The predicted molar refractivity (Wildman–Crippen MR) is 84.7 cm³/mol. The maximum Gasteiger partial charge on any atom is 0.151 e. The summed E-state index contributed by atoms with van der Waals surface area (Å²) < 4.78 is 4.87. The summed E-state index contributed by atoms with van der Waals surface area (Å²) in [7, 11) is 2.12. The Bertz CT molecular complexity index is 596. The van der Waals surface area contributed by atoms with E-state index in [-0.39, 0.29) is 5.41 Å². The number of rotatable bonds is 4. The van der Waals surface area contributed by atoms with E-state index in [0.717, 1.165) is 36.8 Å². The lowest BCUT2D eigenvalue weighted by molar-refractivity contribution is 0.192. The molecule has 0 aliphatic carbocycles. The van der Waals surface area contributed by atoms with Gasteiger partial charge < -0.3 is 9.42 Å². The Balaban J connectivity index is 1.54. The molecule has 22 heavy (non-hydrogen) atoms. The van der Waals surface area contributed by atoms with Gasteiger partial charge in [-0.3, -0.25) is 4.90 Å². The summed E-state index contributed by atoms with van der Waals surface area (Å²) in [5.41, 5.74) is 2.03. The number of aromatic nitrogens is 3. The second kappa shape index (κ2) is 5.68. The van der Waals surface area contributed by atoms with Crippen molar-refractivity contribution in [3.63, 3.8) is 0 Å². The van der Waals surface area contributed by atoms with Crippen LogP contribution >= 0.6 is 0 Å². The molecule has 0 aromatic carbocycles. The second-order valence-electron chi connectivity index (χ2n) is 6.99. The number of hydrogen-bond acceptors (Lipinski definition) is 6. The Morgan fingerprint density at radius 1 is 1.23 bits per heavy atom. The third kappa shape index (κ3) is 3.11.